The number of urea groups is 1. The summed E-state index contributed by atoms with van der Waals surface area (Å²) < 4.78 is 5.18. The zero-order valence-corrected chi connectivity index (χ0v) is 15.7. The average Bonchev–Trinajstić information content (AvgIpc) is 3.45. The highest BCUT2D eigenvalue weighted by Crippen LogP contribution is 2.38. The van der Waals surface area contributed by atoms with E-state index in [0.717, 1.165) is 57.7 Å². The minimum Gasteiger partial charge on any atom is -0.342 e. The van der Waals surface area contributed by atoms with Crippen LogP contribution in [0.1, 0.15) is 49.7 Å². The molecule has 1 aromatic rings. The van der Waals surface area contributed by atoms with Crippen LogP contribution in [0.3, 0.4) is 0 Å². The van der Waals surface area contributed by atoms with E-state index in [-0.39, 0.29) is 18.5 Å². The highest BCUT2D eigenvalue weighted by molar-refractivity contribution is 5.78. The maximum Gasteiger partial charge on any atom is 0.317 e. The van der Waals surface area contributed by atoms with Gasteiger partial charge >= 0.3 is 6.03 Å². The van der Waals surface area contributed by atoms with Gasteiger partial charge in [-0.1, -0.05) is 5.16 Å². The molecule has 3 aliphatic rings. The second-order valence-corrected chi connectivity index (χ2v) is 7.68. The van der Waals surface area contributed by atoms with E-state index in [1.807, 2.05) is 4.90 Å². The summed E-state index contributed by atoms with van der Waals surface area (Å²) in [6, 6.07) is -0.122. The first-order valence-electron chi connectivity index (χ1n) is 10.0. The Kier molecular flexibility index (Phi) is 5.56. The molecule has 1 saturated carbocycles. The Hall–Kier alpha value is -2.16. The van der Waals surface area contributed by atoms with Crippen LogP contribution in [0, 0.1) is 0 Å². The van der Waals surface area contributed by atoms with Crippen LogP contribution in [0.5, 0.6) is 0 Å². The van der Waals surface area contributed by atoms with Crippen LogP contribution in [0.2, 0.25) is 0 Å². The molecule has 1 N–H and O–H groups in total. The van der Waals surface area contributed by atoms with Gasteiger partial charge in [-0.2, -0.15) is 4.98 Å². The third-order valence-electron chi connectivity index (χ3n) is 5.54. The fraction of sp³-hybridized carbons (Fsp3) is 0.778. The van der Waals surface area contributed by atoms with Gasteiger partial charge in [0.1, 0.15) is 0 Å². The first kappa shape index (κ1) is 18.2. The summed E-state index contributed by atoms with van der Waals surface area (Å²) in [5.74, 6) is 1.87. The van der Waals surface area contributed by atoms with Crippen LogP contribution in [-0.4, -0.2) is 82.6 Å². The number of piperazine rings is 1. The summed E-state index contributed by atoms with van der Waals surface area (Å²) >= 11 is 0. The van der Waals surface area contributed by atoms with Crippen molar-refractivity contribution in [3.8, 4) is 0 Å². The molecule has 3 fully saturated rings. The summed E-state index contributed by atoms with van der Waals surface area (Å²) in [6.45, 7) is 5.18. The van der Waals surface area contributed by atoms with Crippen LogP contribution in [0.4, 0.5) is 4.79 Å². The highest BCUT2D eigenvalue weighted by Gasteiger charge is 2.29. The number of amides is 3. The lowest BCUT2D eigenvalue weighted by Gasteiger charge is -2.35. The molecule has 27 heavy (non-hydrogen) atoms. The fourth-order valence-electron chi connectivity index (χ4n) is 3.65. The monoisotopic (exact) mass is 376 g/mol. The lowest BCUT2D eigenvalue weighted by atomic mass is 10.1. The molecule has 0 spiro atoms. The minimum absolute atomic E-state index is 0.122. The topological polar surface area (TPSA) is 94.8 Å². The van der Waals surface area contributed by atoms with Gasteiger partial charge < -0.3 is 19.6 Å². The molecule has 4 rings (SSSR count). The summed E-state index contributed by atoms with van der Waals surface area (Å²) in [7, 11) is 0. The largest absolute Gasteiger partial charge is 0.342 e. The average molecular weight is 376 g/mol. The summed E-state index contributed by atoms with van der Waals surface area (Å²) in [6.07, 6.45) is 5.69. The van der Waals surface area contributed by atoms with E-state index in [9.17, 15) is 9.59 Å². The van der Waals surface area contributed by atoms with Crippen molar-refractivity contribution in [1.29, 1.82) is 0 Å². The predicted molar refractivity (Wildman–Crippen MR) is 97.0 cm³/mol. The van der Waals surface area contributed by atoms with Gasteiger partial charge in [0.25, 0.3) is 0 Å². The zero-order valence-electron chi connectivity index (χ0n) is 15.7. The molecule has 9 nitrogen and oxygen atoms in total. The third kappa shape index (κ3) is 4.77. The highest BCUT2D eigenvalue weighted by atomic mass is 16.5. The molecule has 0 atom stereocenters. The van der Waals surface area contributed by atoms with Crippen LogP contribution < -0.4 is 5.32 Å². The maximum atomic E-state index is 12.4. The molecule has 0 aromatic carbocycles. The number of piperidine rings is 1. The number of carbonyl (C=O) groups is 2. The van der Waals surface area contributed by atoms with Gasteiger partial charge in [0.15, 0.2) is 5.82 Å². The number of likely N-dealkylation sites (tertiary alicyclic amines) is 1. The molecule has 1 aromatic heterocycles. The summed E-state index contributed by atoms with van der Waals surface area (Å²) in [5.41, 5.74) is 0. The van der Waals surface area contributed by atoms with Gasteiger partial charge in [-0.25, -0.2) is 4.79 Å². The predicted octanol–water partition coefficient (Wildman–Crippen LogP) is 0.787. The number of rotatable bonds is 5. The summed E-state index contributed by atoms with van der Waals surface area (Å²) in [4.78, 5) is 34.9. The van der Waals surface area contributed by atoms with Crippen LogP contribution >= 0.6 is 0 Å². The van der Waals surface area contributed by atoms with Crippen LogP contribution in [0.15, 0.2) is 4.52 Å². The third-order valence-corrected chi connectivity index (χ3v) is 5.54. The van der Waals surface area contributed by atoms with Crippen LogP contribution in [0.25, 0.3) is 0 Å². The van der Waals surface area contributed by atoms with Crippen molar-refractivity contribution in [2.45, 2.75) is 44.6 Å². The Morgan fingerprint density at radius 2 is 1.74 bits per heavy atom. The van der Waals surface area contributed by atoms with Gasteiger partial charge in [-0.3, -0.25) is 9.69 Å². The maximum absolute atomic E-state index is 12.4. The number of hydrogen-bond donors (Lipinski definition) is 1. The Morgan fingerprint density at radius 1 is 1.00 bits per heavy atom. The molecule has 3 amide bonds. The quantitative estimate of drug-likeness (QED) is 0.816. The molecular formula is C18H28N6O3. The first-order valence-corrected chi connectivity index (χ1v) is 10.0. The lowest BCUT2D eigenvalue weighted by Crippen LogP contribution is -2.53. The van der Waals surface area contributed by atoms with Crippen molar-refractivity contribution in [3.05, 3.63) is 11.7 Å². The second-order valence-electron chi connectivity index (χ2n) is 7.68. The second kappa shape index (κ2) is 8.24. The smallest absolute Gasteiger partial charge is 0.317 e. The number of nitrogens with zero attached hydrogens (tertiary/aromatic N) is 5. The van der Waals surface area contributed by atoms with E-state index >= 15 is 0 Å². The van der Waals surface area contributed by atoms with E-state index in [1.54, 1.807) is 4.90 Å². The number of aromatic nitrogens is 2. The van der Waals surface area contributed by atoms with E-state index < -0.39 is 0 Å². The number of carbonyl (C=O) groups excluding carboxylic acids is 2. The fourth-order valence-corrected chi connectivity index (χ4v) is 3.65. The van der Waals surface area contributed by atoms with E-state index in [0.29, 0.717) is 31.4 Å². The van der Waals surface area contributed by atoms with E-state index in [1.165, 1.54) is 6.42 Å². The normalized spacial score (nSPS) is 21.3. The van der Waals surface area contributed by atoms with E-state index in [4.69, 9.17) is 4.52 Å². The van der Waals surface area contributed by atoms with Crippen molar-refractivity contribution in [1.82, 2.24) is 30.2 Å². The molecule has 9 heteroatoms. The van der Waals surface area contributed by atoms with Crippen molar-refractivity contribution in [3.63, 3.8) is 0 Å². The SMILES string of the molecule is O=C(CN1CCN(C(=O)NCc2nc(C3CC3)no2)CC1)N1CCCCC1. The van der Waals surface area contributed by atoms with Crippen molar-refractivity contribution in [2.24, 2.45) is 0 Å². The molecule has 0 bridgehead atoms. The van der Waals surface area contributed by atoms with Gasteiger partial charge in [0.2, 0.25) is 11.8 Å². The molecule has 0 radical (unpaired) electrons. The molecule has 2 aliphatic heterocycles. The molecule has 0 unspecified atom stereocenters. The Labute approximate surface area is 159 Å². The molecule has 2 saturated heterocycles. The number of nitrogens with one attached hydrogen (secondary N) is 1. The molecule has 148 valence electrons. The van der Waals surface area contributed by atoms with Gasteiger partial charge in [0, 0.05) is 45.2 Å². The Bertz CT molecular complexity index is 660. The minimum atomic E-state index is -0.122. The van der Waals surface area contributed by atoms with Crippen molar-refractivity contribution >= 4 is 11.9 Å². The van der Waals surface area contributed by atoms with Gasteiger partial charge in [0.05, 0.1) is 13.1 Å². The lowest BCUT2D eigenvalue weighted by molar-refractivity contribution is -0.133. The molecule has 1 aliphatic carbocycles. The van der Waals surface area contributed by atoms with Gasteiger partial charge in [-0.15, -0.1) is 0 Å². The molecule has 3 heterocycles. The van der Waals surface area contributed by atoms with Crippen LogP contribution in [-0.2, 0) is 11.3 Å². The Balaban J connectivity index is 1.16. The van der Waals surface area contributed by atoms with Gasteiger partial charge in [-0.05, 0) is 32.1 Å². The zero-order chi connectivity index (χ0) is 18.6. The van der Waals surface area contributed by atoms with E-state index in [2.05, 4.69) is 20.4 Å². The molecular weight excluding hydrogens is 348 g/mol. The van der Waals surface area contributed by atoms with Crippen molar-refractivity contribution in [2.75, 3.05) is 45.8 Å². The Morgan fingerprint density at radius 3 is 2.44 bits per heavy atom. The van der Waals surface area contributed by atoms with Crippen molar-refractivity contribution < 1.29 is 14.1 Å². The standard InChI is InChI=1S/C18H28N6O3/c25-16(23-6-2-1-3-7-23)13-22-8-10-24(11-9-22)18(26)19-12-15-20-17(21-27-15)14-4-5-14/h14H,1-13H2,(H,19,26). The number of hydrogen-bond acceptors (Lipinski definition) is 6. The first-order chi connectivity index (χ1) is 13.2. The summed E-state index contributed by atoms with van der Waals surface area (Å²) in [5, 5.41) is 6.80.